The second-order valence-electron chi connectivity index (χ2n) is 8.53. The number of ether oxygens (including phenoxy) is 1. The molecule has 1 saturated carbocycles. The van der Waals surface area contributed by atoms with Crippen molar-refractivity contribution >= 4 is 6.09 Å². The molecule has 1 aliphatic carbocycles. The number of carbonyl (C=O) groups excluding carboxylic acids is 1. The summed E-state index contributed by atoms with van der Waals surface area (Å²) < 4.78 is 5.35. The van der Waals surface area contributed by atoms with Gasteiger partial charge < -0.3 is 15.4 Å². The fourth-order valence-electron chi connectivity index (χ4n) is 3.88. The zero-order valence-electron chi connectivity index (χ0n) is 16.1. The molecule has 2 N–H and O–H groups in total. The van der Waals surface area contributed by atoms with E-state index in [1.54, 1.807) is 0 Å². The van der Waals surface area contributed by atoms with Gasteiger partial charge in [-0.2, -0.15) is 0 Å². The average Bonchev–Trinajstić information content (AvgIpc) is 3.04. The summed E-state index contributed by atoms with van der Waals surface area (Å²) in [4.78, 5) is 14.5. The van der Waals surface area contributed by atoms with Crippen molar-refractivity contribution in [2.75, 3.05) is 26.2 Å². The van der Waals surface area contributed by atoms with Crippen molar-refractivity contribution in [2.45, 2.75) is 83.9 Å². The molecule has 0 aromatic heterocycles. The second-order valence-corrected chi connectivity index (χ2v) is 8.53. The molecule has 0 aromatic rings. The van der Waals surface area contributed by atoms with Crippen LogP contribution < -0.4 is 10.6 Å². The molecule has 24 heavy (non-hydrogen) atoms. The molecule has 140 valence electrons. The van der Waals surface area contributed by atoms with Crippen LogP contribution in [-0.2, 0) is 4.74 Å². The average molecular weight is 340 g/mol. The Labute approximate surface area is 147 Å². The Bertz CT molecular complexity index is 389. The van der Waals surface area contributed by atoms with E-state index in [4.69, 9.17) is 4.74 Å². The van der Waals surface area contributed by atoms with E-state index in [1.807, 2.05) is 20.8 Å². The molecule has 0 aromatic carbocycles. The number of hydrogen-bond donors (Lipinski definition) is 2. The molecular weight excluding hydrogens is 302 g/mol. The Kier molecular flexibility index (Phi) is 7.35. The van der Waals surface area contributed by atoms with Crippen LogP contribution in [0, 0.1) is 5.92 Å². The monoisotopic (exact) mass is 339 g/mol. The molecule has 1 heterocycles. The lowest BCUT2D eigenvalue weighted by Gasteiger charge is -2.34. The van der Waals surface area contributed by atoms with E-state index < -0.39 is 5.60 Å². The van der Waals surface area contributed by atoms with Crippen LogP contribution in [0.1, 0.15) is 66.2 Å². The summed E-state index contributed by atoms with van der Waals surface area (Å²) in [6.07, 6.45) is 7.35. The Morgan fingerprint density at radius 3 is 2.50 bits per heavy atom. The topological polar surface area (TPSA) is 53.6 Å². The predicted molar refractivity (Wildman–Crippen MR) is 98.3 cm³/mol. The maximum absolute atomic E-state index is 11.9. The molecular formula is C19H37N3O2. The number of nitrogens with zero attached hydrogens (tertiary/aromatic N) is 1. The van der Waals surface area contributed by atoms with Crippen LogP contribution in [0.15, 0.2) is 0 Å². The first-order chi connectivity index (χ1) is 11.3. The Hall–Kier alpha value is -0.810. The molecule has 2 rings (SSSR count). The van der Waals surface area contributed by atoms with Gasteiger partial charge in [0.25, 0.3) is 0 Å². The maximum Gasteiger partial charge on any atom is 0.407 e. The molecule has 2 aliphatic rings. The highest BCUT2D eigenvalue weighted by atomic mass is 16.6. The molecule has 5 nitrogen and oxygen atoms in total. The van der Waals surface area contributed by atoms with Crippen molar-refractivity contribution in [3.63, 3.8) is 0 Å². The van der Waals surface area contributed by atoms with E-state index in [-0.39, 0.29) is 6.09 Å². The van der Waals surface area contributed by atoms with Gasteiger partial charge in [0.2, 0.25) is 0 Å². The van der Waals surface area contributed by atoms with E-state index in [0.29, 0.717) is 24.5 Å². The van der Waals surface area contributed by atoms with Crippen LogP contribution in [0.2, 0.25) is 0 Å². The third-order valence-corrected chi connectivity index (χ3v) is 5.26. The van der Waals surface area contributed by atoms with Gasteiger partial charge in [0.1, 0.15) is 5.60 Å². The third kappa shape index (κ3) is 6.60. The SMILES string of the molecule is CC(CNC1CCCCC1CNC(=O)OC(C)(C)C)N1CCCC1. The minimum Gasteiger partial charge on any atom is -0.444 e. The quantitative estimate of drug-likeness (QED) is 0.780. The minimum absolute atomic E-state index is 0.294. The summed E-state index contributed by atoms with van der Waals surface area (Å²) in [5.74, 6) is 0.511. The number of nitrogens with one attached hydrogen (secondary N) is 2. The summed E-state index contributed by atoms with van der Waals surface area (Å²) in [6, 6.07) is 1.12. The fourth-order valence-corrected chi connectivity index (χ4v) is 3.88. The third-order valence-electron chi connectivity index (χ3n) is 5.26. The Morgan fingerprint density at radius 1 is 1.17 bits per heavy atom. The van der Waals surface area contributed by atoms with E-state index in [2.05, 4.69) is 22.5 Å². The Balaban J connectivity index is 1.74. The highest BCUT2D eigenvalue weighted by Gasteiger charge is 2.27. The van der Waals surface area contributed by atoms with Crippen LogP contribution in [-0.4, -0.2) is 54.9 Å². The molecule has 1 amide bonds. The normalized spacial score (nSPS) is 27.0. The molecule has 0 bridgehead atoms. The largest absolute Gasteiger partial charge is 0.444 e. The van der Waals surface area contributed by atoms with E-state index >= 15 is 0 Å². The van der Waals surface area contributed by atoms with Crippen LogP contribution in [0.3, 0.4) is 0 Å². The van der Waals surface area contributed by atoms with Crippen molar-refractivity contribution in [3.8, 4) is 0 Å². The standard InChI is InChI=1S/C19H37N3O2/c1-15(22-11-7-8-12-22)13-20-17-10-6-5-9-16(17)14-21-18(23)24-19(2,3)4/h15-17,20H,5-14H2,1-4H3,(H,21,23). The molecule has 3 unspecified atom stereocenters. The number of carbonyl (C=O) groups is 1. The lowest BCUT2D eigenvalue weighted by Crippen LogP contribution is -2.48. The summed E-state index contributed by atoms with van der Waals surface area (Å²) in [7, 11) is 0. The first kappa shape index (κ1) is 19.5. The number of alkyl carbamates (subject to hydrolysis) is 1. The lowest BCUT2D eigenvalue weighted by molar-refractivity contribution is 0.0510. The van der Waals surface area contributed by atoms with E-state index in [0.717, 1.165) is 6.54 Å². The van der Waals surface area contributed by atoms with Gasteiger partial charge in [0.05, 0.1) is 0 Å². The summed E-state index contributed by atoms with van der Waals surface area (Å²) in [6.45, 7) is 12.3. The van der Waals surface area contributed by atoms with Crippen molar-refractivity contribution < 1.29 is 9.53 Å². The van der Waals surface area contributed by atoms with Gasteiger partial charge >= 0.3 is 6.09 Å². The zero-order chi connectivity index (χ0) is 17.6. The Morgan fingerprint density at radius 2 is 1.83 bits per heavy atom. The van der Waals surface area contributed by atoms with Crippen LogP contribution in [0.25, 0.3) is 0 Å². The van der Waals surface area contributed by atoms with Crippen molar-refractivity contribution in [1.29, 1.82) is 0 Å². The van der Waals surface area contributed by atoms with E-state index in [1.165, 1.54) is 51.6 Å². The van der Waals surface area contributed by atoms with Crippen LogP contribution >= 0.6 is 0 Å². The molecule has 5 heteroatoms. The highest BCUT2D eigenvalue weighted by molar-refractivity contribution is 5.67. The van der Waals surface area contributed by atoms with Gasteiger partial charge in [0.15, 0.2) is 0 Å². The second kappa shape index (κ2) is 9.04. The van der Waals surface area contributed by atoms with Crippen molar-refractivity contribution in [1.82, 2.24) is 15.5 Å². The molecule has 1 saturated heterocycles. The summed E-state index contributed by atoms with van der Waals surface area (Å²) >= 11 is 0. The summed E-state index contributed by atoms with van der Waals surface area (Å²) in [5, 5.41) is 6.76. The van der Waals surface area contributed by atoms with Gasteiger partial charge in [-0.15, -0.1) is 0 Å². The van der Waals surface area contributed by atoms with Crippen LogP contribution in [0.5, 0.6) is 0 Å². The number of rotatable bonds is 6. The molecule has 0 spiro atoms. The first-order valence-corrected chi connectivity index (χ1v) is 9.79. The smallest absolute Gasteiger partial charge is 0.407 e. The van der Waals surface area contributed by atoms with Gasteiger partial charge in [-0.25, -0.2) is 4.79 Å². The zero-order valence-corrected chi connectivity index (χ0v) is 16.1. The molecule has 1 aliphatic heterocycles. The van der Waals surface area contributed by atoms with Gasteiger partial charge in [-0.3, -0.25) is 4.90 Å². The predicted octanol–water partition coefficient (Wildman–Crippen LogP) is 3.14. The van der Waals surface area contributed by atoms with Gasteiger partial charge in [-0.05, 0) is 72.4 Å². The summed E-state index contributed by atoms with van der Waals surface area (Å²) in [5.41, 5.74) is -0.431. The molecule has 2 fully saturated rings. The van der Waals surface area contributed by atoms with Gasteiger partial charge in [0, 0.05) is 25.2 Å². The molecule has 3 atom stereocenters. The van der Waals surface area contributed by atoms with Crippen molar-refractivity contribution in [3.05, 3.63) is 0 Å². The lowest BCUT2D eigenvalue weighted by atomic mass is 9.84. The number of likely N-dealkylation sites (tertiary alicyclic amines) is 1. The van der Waals surface area contributed by atoms with Crippen molar-refractivity contribution in [2.24, 2.45) is 5.92 Å². The highest BCUT2D eigenvalue weighted by Crippen LogP contribution is 2.24. The van der Waals surface area contributed by atoms with Gasteiger partial charge in [-0.1, -0.05) is 12.8 Å². The molecule has 0 radical (unpaired) electrons. The first-order valence-electron chi connectivity index (χ1n) is 9.79. The number of amides is 1. The fraction of sp³-hybridized carbons (Fsp3) is 0.947. The van der Waals surface area contributed by atoms with E-state index in [9.17, 15) is 4.79 Å². The minimum atomic E-state index is -0.431. The van der Waals surface area contributed by atoms with Crippen LogP contribution in [0.4, 0.5) is 4.79 Å². The maximum atomic E-state index is 11.9. The number of hydrogen-bond acceptors (Lipinski definition) is 4.